The lowest BCUT2D eigenvalue weighted by Crippen LogP contribution is -2.30. The zero-order chi connectivity index (χ0) is 14.2. The molecule has 0 amide bonds. The number of hydrogen-bond acceptors (Lipinski definition) is 3. The van der Waals surface area contributed by atoms with E-state index in [9.17, 15) is 13.2 Å². The molecule has 2 rings (SSSR count). The Bertz CT molecular complexity index is 584. The van der Waals surface area contributed by atoms with Crippen molar-refractivity contribution in [1.29, 1.82) is 0 Å². The molecule has 1 heterocycles. The molecule has 0 saturated carbocycles. The molecule has 1 saturated heterocycles. The van der Waals surface area contributed by atoms with Crippen LogP contribution in [0.1, 0.15) is 6.92 Å². The van der Waals surface area contributed by atoms with Gasteiger partial charge in [0.2, 0.25) is 10.0 Å². The third kappa shape index (κ3) is 2.92. The Labute approximate surface area is 125 Å². The monoisotopic (exact) mass is 395 g/mol. The molecular weight excluding hydrogens is 381 g/mol. The molecule has 2 atom stereocenters. The molecule has 0 bridgehead atoms. The van der Waals surface area contributed by atoms with E-state index in [1.54, 1.807) is 31.2 Å². The third-order valence-electron chi connectivity index (χ3n) is 3.35. The number of sulfonamides is 1. The highest BCUT2D eigenvalue weighted by Gasteiger charge is 2.40. The van der Waals surface area contributed by atoms with Gasteiger partial charge >= 0.3 is 5.97 Å². The zero-order valence-electron chi connectivity index (χ0n) is 10.3. The summed E-state index contributed by atoms with van der Waals surface area (Å²) < 4.78 is 27.0. The minimum atomic E-state index is -3.59. The lowest BCUT2D eigenvalue weighted by atomic mass is 9.99. The lowest BCUT2D eigenvalue weighted by Gasteiger charge is -2.16. The second kappa shape index (κ2) is 5.37. The maximum atomic E-state index is 12.4. The highest BCUT2D eigenvalue weighted by Crippen LogP contribution is 2.28. The number of carboxylic acid groups (broad SMARTS) is 1. The van der Waals surface area contributed by atoms with E-state index in [0.717, 1.165) is 3.57 Å². The molecule has 1 aromatic carbocycles. The molecule has 1 aliphatic rings. The van der Waals surface area contributed by atoms with E-state index in [1.807, 2.05) is 0 Å². The number of aliphatic carboxylic acids is 1. The molecule has 2 unspecified atom stereocenters. The maximum Gasteiger partial charge on any atom is 0.308 e. The molecule has 1 fully saturated rings. The second-order valence-corrected chi connectivity index (χ2v) is 7.88. The van der Waals surface area contributed by atoms with Crippen molar-refractivity contribution in [3.63, 3.8) is 0 Å². The fourth-order valence-electron chi connectivity index (χ4n) is 2.20. The summed E-state index contributed by atoms with van der Waals surface area (Å²) in [7, 11) is -3.59. The summed E-state index contributed by atoms with van der Waals surface area (Å²) in [4.78, 5) is 11.3. The summed E-state index contributed by atoms with van der Waals surface area (Å²) in [5.41, 5.74) is 0. The van der Waals surface area contributed by atoms with Crippen LogP contribution < -0.4 is 0 Å². The van der Waals surface area contributed by atoms with Gasteiger partial charge in [-0.3, -0.25) is 4.79 Å². The van der Waals surface area contributed by atoms with Crippen LogP contribution >= 0.6 is 22.6 Å². The number of benzene rings is 1. The van der Waals surface area contributed by atoms with Crippen molar-refractivity contribution in [2.24, 2.45) is 11.8 Å². The molecule has 19 heavy (non-hydrogen) atoms. The van der Waals surface area contributed by atoms with E-state index in [4.69, 9.17) is 5.11 Å². The minimum absolute atomic E-state index is 0.0464. The molecule has 7 heteroatoms. The average Bonchev–Trinajstić information content (AvgIpc) is 2.72. The normalized spacial score (nSPS) is 24.5. The Kier molecular flexibility index (Phi) is 4.17. The van der Waals surface area contributed by atoms with Gasteiger partial charge in [0.15, 0.2) is 0 Å². The SMILES string of the molecule is CC1CN(S(=O)(=O)c2ccc(I)cc2)CC1C(=O)O. The Morgan fingerprint density at radius 2 is 1.89 bits per heavy atom. The highest BCUT2D eigenvalue weighted by molar-refractivity contribution is 14.1. The van der Waals surface area contributed by atoms with E-state index in [1.165, 1.54) is 4.31 Å². The molecule has 0 spiro atoms. The van der Waals surface area contributed by atoms with Crippen LogP contribution in [0.3, 0.4) is 0 Å². The summed E-state index contributed by atoms with van der Waals surface area (Å²) in [6.07, 6.45) is 0. The first kappa shape index (κ1) is 14.7. The first-order chi connectivity index (χ1) is 8.82. The fourth-order valence-corrected chi connectivity index (χ4v) is 4.12. The van der Waals surface area contributed by atoms with Crippen molar-refractivity contribution < 1.29 is 18.3 Å². The van der Waals surface area contributed by atoms with Crippen molar-refractivity contribution >= 4 is 38.6 Å². The third-order valence-corrected chi connectivity index (χ3v) is 5.91. The van der Waals surface area contributed by atoms with Gasteiger partial charge < -0.3 is 5.11 Å². The molecular formula is C12H14INO4S. The first-order valence-corrected chi connectivity index (χ1v) is 8.33. The van der Waals surface area contributed by atoms with Crippen LogP contribution in [0.2, 0.25) is 0 Å². The Morgan fingerprint density at radius 1 is 1.32 bits per heavy atom. The van der Waals surface area contributed by atoms with Crippen molar-refractivity contribution in [2.45, 2.75) is 11.8 Å². The number of rotatable bonds is 3. The molecule has 104 valence electrons. The number of halogens is 1. The standard InChI is InChI=1S/C12H14INO4S/c1-8-6-14(7-11(8)12(15)16)19(17,18)10-4-2-9(13)3-5-10/h2-5,8,11H,6-7H2,1H3,(H,15,16). The van der Waals surface area contributed by atoms with E-state index < -0.39 is 21.9 Å². The van der Waals surface area contributed by atoms with Crippen molar-refractivity contribution in [3.05, 3.63) is 27.8 Å². The van der Waals surface area contributed by atoms with Gasteiger partial charge in [-0.15, -0.1) is 0 Å². The molecule has 0 radical (unpaired) electrons. The molecule has 1 N–H and O–H groups in total. The molecule has 5 nitrogen and oxygen atoms in total. The van der Waals surface area contributed by atoms with Crippen LogP contribution in [0.25, 0.3) is 0 Å². The predicted molar refractivity (Wildman–Crippen MR) is 78.2 cm³/mol. The smallest absolute Gasteiger partial charge is 0.308 e. The summed E-state index contributed by atoms with van der Waals surface area (Å²) in [5, 5.41) is 9.05. The first-order valence-electron chi connectivity index (χ1n) is 5.81. The number of carbonyl (C=O) groups is 1. The Hall–Kier alpha value is -0.670. The van der Waals surface area contributed by atoms with Gasteiger partial charge in [0.25, 0.3) is 0 Å². The molecule has 1 aliphatic heterocycles. The van der Waals surface area contributed by atoms with Crippen LogP contribution in [0.4, 0.5) is 0 Å². The maximum absolute atomic E-state index is 12.4. The second-order valence-electron chi connectivity index (χ2n) is 4.70. The molecule has 1 aromatic rings. The van der Waals surface area contributed by atoms with Crippen LogP contribution in [0.5, 0.6) is 0 Å². The van der Waals surface area contributed by atoms with Crippen LogP contribution in [0, 0.1) is 15.4 Å². The molecule has 0 aromatic heterocycles. The summed E-state index contributed by atoms with van der Waals surface area (Å²) in [6.45, 7) is 2.07. The Morgan fingerprint density at radius 3 is 2.37 bits per heavy atom. The van der Waals surface area contributed by atoms with Crippen LogP contribution in [-0.4, -0.2) is 36.9 Å². The number of carboxylic acids is 1. The summed E-state index contributed by atoms with van der Waals surface area (Å²) >= 11 is 2.10. The predicted octanol–water partition coefficient (Wildman–Crippen LogP) is 1.63. The zero-order valence-corrected chi connectivity index (χ0v) is 13.3. The summed E-state index contributed by atoms with van der Waals surface area (Å²) in [6, 6.07) is 6.55. The summed E-state index contributed by atoms with van der Waals surface area (Å²) in [5.74, 6) is -1.73. The average molecular weight is 395 g/mol. The van der Waals surface area contributed by atoms with Gasteiger partial charge in [-0.2, -0.15) is 4.31 Å². The van der Waals surface area contributed by atoms with Crippen LogP contribution in [-0.2, 0) is 14.8 Å². The van der Waals surface area contributed by atoms with Gasteiger partial charge in [-0.25, -0.2) is 8.42 Å². The van der Waals surface area contributed by atoms with E-state index >= 15 is 0 Å². The van der Waals surface area contributed by atoms with Gasteiger partial charge in [-0.1, -0.05) is 6.92 Å². The van der Waals surface area contributed by atoms with Crippen molar-refractivity contribution in [3.8, 4) is 0 Å². The van der Waals surface area contributed by atoms with Crippen molar-refractivity contribution in [2.75, 3.05) is 13.1 Å². The van der Waals surface area contributed by atoms with Gasteiger partial charge in [0.05, 0.1) is 10.8 Å². The number of nitrogens with zero attached hydrogens (tertiary/aromatic N) is 1. The topological polar surface area (TPSA) is 74.7 Å². The molecule has 0 aliphatic carbocycles. The van der Waals surface area contributed by atoms with Gasteiger partial charge in [0.1, 0.15) is 0 Å². The van der Waals surface area contributed by atoms with Crippen LogP contribution in [0.15, 0.2) is 29.2 Å². The number of hydrogen-bond donors (Lipinski definition) is 1. The highest BCUT2D eigenvalue weighted by atomic mass is 127. The Balaban J connectivity index is 2.27. The van der Waals surface area contributed by atoms with Gasteiger partial charge in [0, 0.05) is 16.7 Å². The largest absolute Gasteiger partial charge is 0.481 e. The fraction of sp³-hybridized carbons (Fsp3) is 0.417. The lowest BCUT2D eigenvalue weighted by molar-refractivity contribution is -0.142. The van der Waals surface area contributed by atoms with Gasteiger partial charge in [-0.05, 0) is 52.8 Å². The minimum Gasteiger partial charge on any atom is -0.481 e. The van der Waals surface area contributed by atoms with E-state index in [2.05, 4.69) is 22.6 Å². The van der Waals surface area contributed by atoms with E-state index in [0.29, 0.717) is 0 Å². The van der Waals surface area contributed by atoms with E-state index in [-0.39, 0.29) is 23.9 Å². The quantitative estimate of drug-likeness (QED) is 0.790. The van der Waals surface area contributed by atoms with Crippen molar-refractivity contribution in [1.82, 2.24) is 4.31 Å².